The molecule has 2 rings (SSSR count). The number of carbonyl (C=O) groups excluding carboxylic acids is 1. The first kappa shape index (κ1) is 15.0. The van der Waals surface area contributed by atoms with E-state index in [1.807, 2.05) is 0 Å². The van der Waals surface area contributed by atoms with Crippen molar-refractivity contribution in [2.75, 3.05) is 19.7 Å². The van der Waals surface area contributed by atoms with Gasteiger partial charge >= 0.3 is 0 Å². The van der Waals surface area contributed by atoms with Crippen LogP contribution in [0, 0.1) is 5.41 Å². The average Bonchev–Trinajstić information content (AvgIpc) is 2.80. The number of hydrogen-bond donors (Lipinski definition) is 1. The van der Waals surface area contributed by atoms with Crippen LogP contribution in [-0.2, 0) is 4.79 Å². The minimum atomic E-state index is -0.131. The van der Waals surface area contributed by atoms with Crippen LogP contribution in [0.5, 0.6) is 0 Å². The molecule has 0 spiro atoms. The third kappa shape index (κ3) is 4.03. The van der Waals surface area contributed by atoms with Crippen LogP contribution in [0.15, 0.2) is 0 Å². The van der Waals surface area contributed by atoms with E-state index in [4.69, 9.17) is 0 Å². The number of likely N-dealkylation sites (tertiary alicyclic amines) is 1. The van der Waals surface area contributed by atoms with Gasteiger partial charge in [-0.15, -0.1) is 0 Å². The smallest absolute Gasteiger partial charge is 0.127 e. The number of aldehydes is 1. The molecule has 110 valence electrons. The topological polar surface area (TPSA) is 40.5 Å². The van der Waals surface area contributed by atoms with Crippen molar-refractivity contribution in [1.29, 1.82) is 0 Å². The van der Waals surface area contributed by atoms with Gasteiger partial charge in [0.15, 0.2) is 0 Å². The maximum Gasteiger partial charge on any atom is 0.127 e. The summed E-state index contributed by atoms with van der Waals surface area (Å²) in [6.45, 7) is 2.18. The fraction of sp³-hybridized carbons (Fsp3) is 0.938. The highest BCUT2D eigenvalue weighted by Gasteiger charge is 2.34. The van der Waals surface area contributed by atoms with Crippen LogP contribution < -0.4 is 0 Å². The maximum atomic E-state index is 11.7. The number of aliphatic hydroxyl groups excluding tert-OH is 1. The molecule has 0 aromatic carbocycles. The Morgan fingerprint density at radius 1 is 1.05 bits per heavy atom. The largest absolute Gasteiger partial charge is 0.395 e. The predicted octanol–water partition coefficient (Wildman–Crippen LogP) is 2.76. The lowest BCUT2D eigenvalue weighted by atomic mass is 9.81. The van der Waals surface area contributed by atoms with Gasteiger partial charge in [0.05, 0.1) is 6.61 Å². The van der Waals surface area contributed by atoms with E-state index in [0.29, 0.717) is 0 Å². The lowest BCUT2D eigenvalue weighted by molar-refractivity contribution is -0.118. The van der Waals surface area contributed by atoms with Crippen molar-refractivity contribution in [1.82, 2.24) is 4.90 Å². The zero-order chi connectivity index (χ0) is 13.6. The molecule has 3 nitrogen and oxygen atoms in total. The molecule has 1 saturated carbocycles. The van der Waals surface area contributed by atoms with Gasteiger partial charge in [-0.2, -0.15) is 0 Å². The molecule has 1 unspecified atom stereocenters. The summed E-state index contributed by atoms with van der Waals surface area (Å²) in [5.74, 6) is 0. The molecule has 1 saturated heterocycles. The highest BCUT2D eigenvalue weighted by atomic mass is 16.3. The molecule has 2 aliphatic rings. The molecule has 0 radical (unpaired) electrons. The van der Waals surface area contributed by atoms with Gasteiger partial charge in [-0.25, -0.2) is 0 Å². The van der Waals surface area contributed by atoms with E-state index >= 15 is 0 Å². The summed E-state index contributed by atoms with van der Waals surface area (Å²) in [5, 5.41) is 9.60. The van der Waals surface area contributed by atoms with E-state index in [1.165, 1.54) is 51.2 Å². The molecule has 1 atom stereocenters. The summed E-state index contributed by atoms with van der Waals surface area (Å²) in [4.78, 5) is 14.1. The molecule has 3 heteroatoms. The van der Waals surface area contributed by atoms with Gasteiger partial charge in [-0.05, 0) is 32.2 Å². The Kier molecular flexibility index (Phi) is 5.83. The summed E-state index contributed by atoms with van der Waals surface area (Å²) in [6, 6.07) is 0.280. The second-order valence-corrected chi connectivity index (χ2v) is 6.55. The van der Waals surface area contributed by atoms with E-state index < -0.39 is 0 Å². The summed E-state index contributed by atoms with van der Waals surface area (Å²) in [7, 11) is 0. The SMILES string of the molecule is O=CC1(CN2CCCCCC2CO)CCCCCC1. The fourth-order valence-electron chi connectivity index (χ4n) is 3.80. The van der Waals surface area contributed by atoms with Gasteiger partial charge in [-0.1, -0.05) is 38.5 Å². The summed E-state index contributed by atoms with van der Waals surface area (Å²) in [6.07, 6.45) is 13.0. The zero-order valence-corrected chi connectivity index (χ0v) is 12.1. The van der Waals surface area contributed by atoms with Gasteiger partial charge in [0.2, 0.25) is 0 Å². The molecule has 1 N–H and O–H groups in total. The number of aliphatic hydroxyl groups is 1. The second-order valence-electron chi connectivity index (χ2n) is 6.55. The fourth-order valence-corrected chi connectivity index (χ4v) is 3.80. The first-order chi connectivity index (χ1) is 9.29. The van der Waals surface area contributed by atoms with E-state index in [0.717, 1.165) is 32.4 Å². The van der Waals surface area contributed by atoms with Gasteiger partial charge in [0, 0.05) is 18.0 Å². The molecule has 0 aromatic heterocycles. The predicted molar refractivity (Wildman–Crippen MR) is 77.1 cm³/mol. The first-order valence-corrected chi connectivity index (χ1v) is 8.11. The minimum Gasteiger partial charge on any atom is -0.395 e. The molecule has 0 bridgehead atoms. The molecule has 1 aliphatic heterocycles. The lowest BCUT2D eigenvalue weighted by Gasteiger charge is -2.37. The summed E-state index contributed by atoms with van der Waals surface area (Å²) >= 11 is 0. The molecule has 1 aliphatic carbocycles. The second kappa shape index (κ2) is 7.39. The van der Waals surface area contributed by atoms with Crippen LogP contribution in [0.4, 0.5) is 0 Å². The third-order valence-electron chi connectivity index (χ3n) is 5.08. The molecular formula is C16H29NO2. The van der Waals surface area contributed by atoms with Crippen molar-refractivity contribution in [2.45, 2.75) is 70.3 Å². The van der Waals surface area contributed by atoms with Gasteiger partial charge in [-0.3, -0.25) is 4.90 Å². The van der Waals surface area contributed by atoms with Crippen LogP contribution in [0.25, 0.3) is 0 Å². The lowest BCUT2D eigenvalue weighted by Crippen LogP contribution is -2.45. The number of nitrogens with zero attached hydrogens (tertiary/aromatic N) is 1. The first-order valence-electron chi connectivity index (χ1n) is 8.11. The Morgan fingerprint density at radius 3 is 2.37 bits per heavy atom. The van der Waals surface area contributed by atoms with Crippen molar-refractivity contribution in [3.05, 3.63) is 0 Å². The van der Waals surface area contributed by atoms with E-state index in [9.17, 15) is 9.90 Å². The number of hydrogen-bond acceptors (Lipinski definition) is 3. The Labute approximate surface area is 117 Å². The van der Waals surface area contributed by atoms with Crippen molar-refractivity contribution in [3.63, 3.8) is 0 Å². The standard InChI is InChI=1S/C16H29NO2/c18-12-15-8-4-3-7-11-17(15)13-16(14-19)9-5-1-2-6-10-16/h14-15,18H,1-13H2. The van der Waals surface area contributed by atoms with Gasteiger partial charge < -0.3 is 9.90 Å². The van der Waals surface area contributed by atoms with Crippen LogP contribution in [0.1, 0.15) is 64.2 Å². The highest BCUT2D eigenvalue weighted by Crippen LogP contribution is 2.35. The van der Waals surface area contributed by atoms with Crippen LogP contribution in [0.2, 0.25) is 0 Å². The zero-order valence-electron chi connectivity index (χ0n) is 12.1. The quantitative estimate of drug-likeness (QED) is 0.629. The average molecular weight is 267 g/mol. The molecule has 19 heavy (non-hydrogen) atoms. The van der Waals surface area contributed by atoms with Crippen molar-refractivity contribution in [3.8, 4) is 0 Å². The summed E-state index contributed by atoms with van der Waals surface area (Å²) in [5.41, 5.74) is -0.131. The Hall–Kier alpha value is -0.410. The van der Waals surface area contributed by atoms with Gasteiger partial charge in [0.1, 0.15) is 6.29 Å². The molecule has 2 fully saturated rings. The number of rotatable bonds is 4. The van der Waals surface area contributed by atoms with E-state index in [-0.39, 0.29) is 18.1 Å². The highest BCUT2D eigenvalue weighted by molar-refractivity contribution is 5.59. The van der Waals surface area contributed by atoms with Crippen LogP contribution in [-0.4, -0.2) is 42.0 Å². The molecule has 0 aromatic rings. The van der Waals surface area contributed by atoms with E-state index in [1.54, 1.807) is 0 Å². The molecule has 0 amide bonds. The van der Waals surface area contributed by atoms with Crippen molar-refractivity contribution in [2.24, 2.45) is 5.41 Å². The Bertz CT molecular complexity index is 272. The van der Waals surface area contributed by atoms with Crippen molar-refractivity contribution < 1.29 is 9.90 Å². The molecule has 1 heterocycles. The maximum absolute atomic E-state index is 11.7. The van der Waals surface area contributed by atoms with Crippen LogP contribution in [0.3, 0.4) is 0 Å². The minimum absolute atomic E-state index is 0.131. The number of carbonyl (C=O) groups is 1. The normalized spacial score (nSPS) is 29.4. The van der Waals surface area contributed by atoms with Crippen LogP contribution >= 0.6 is 0 Å². The van der Waals surface area contributed by atoms with Gasteiger partial charge in [0.25, 0.3) is 0 Å². The van der Waals surface area contributed by atoms with E-state index in [2.05, 4.69) is 4.90 Å². The third-order valence-corrected chi connectivity index (χ3v) is 5.08. The summed E-state index contributed by atoms with van der Waals surface area (Å²) < 4.78 is 0. The Balaban J connectivity index is 2.03. The monoisotopic (exact) mass is 267 g/mol. The molecular weight excluding hydrogens is 238 g/mol. The van der Waals surface area contributed by atoms with Crippen molar-refractivity contribution >= 4 is 6.29 Å². The Morgan fingerprint density at radius 2 is 1.74 bits per heavy atom.